The van der Waals surface area contributed by atoms with Gasteiger partial charge in [0, 0.05) is 32.2 Å². The van der Waals surface area contributed by atoms with Crippen LogP contribution in [0.1, 0.15) is 40.5 Å². The zero-order chi connectivity index (χ0) is 23.0. The van der Waals surface area contributed by atoms with E-state index in [1.54, 1.807) is 14.2 Å². The topological polar surface area (TPSA) is 68.7 Å². The third-order valence-electron chi connectivity index (χ3n) is 6.18. The number of hydrogen-bond acceptors (Lipinski definition) is 7. The summed E-state index contributed by atoms with van der Waals surface area (Å²) in [6.45, 7) is 4.19. The highest BCUT2D eigenvalue weighted by Crippen LogP contribution is 2.35. The second-order valence-corrected chi connectivity index (χ2v) is 8.30. The molecular formula is C26H36N4O3. The molecule has 1 saturated carbocycles. The lowest BCUT2D eigenvalue weighted by atomic mass is 9.94. The molecule has 0 amide bonds. The van der Waals surface area contributed by atoms with Crippen LogP contribution < -0.4 is 19.7 Å². The Morgan fingerprint density at radius 2 is 1.79 bits per heavy atom. The molecule has 3 aromatic rings. The zero-order valence-electron chi connectivity index (χ0n) is 19.8. The smallest absolute Gasteiger partial charge is 0.229 e. The fourth-order valence-electron chi connectivity index (χ4n) is 4.53. The quantitative estimate of drug-likeness (QED) is 0.389. The summed E-state index contributed by atoms with van der Waals surface area (Å²) >= 11 is 0. The highest BCUT2D eigenvalue weighted by molar-refractivity contribution is 5.94. The van der Waals surface area contributed by atoms with E-state index in [9.17, 15) is 0 Å². The minimum absolute atomic E-state index is 0. The lowest BCUT2D eigenvalue weighted by Crippen LogP contribution is -2.37. The van der Waals surface area contributed by atoms with E-state index in [1.807, 2.05) is 36.4 Å². The molecular weight excluding hydrogens is 416 g/mol. The van der Waals surface area contributed by atoms with Crippen LogP contribution in [0.3, 0.4) is 0 Å². The number of rotatable bonds is 10. The molecule has 0 aliphatic heterocycles. The SMILES string of the molecule is CCN(c1nc(Nc2ccc(OCCOC)cc2)nc2c(OC)cccc12)C1CCCCC1.[HH]. The standard InChI is InChI=1S/C26H34N4O3.H2/c1-4-30(20-9-6-5-7-10-20)25-22-11-8-12-23(32-3)24(22)28-26(29-25)27-19-13-15-21(16-14-19)33-18-17-31-2;/h8,11-16,20H,4-7,9-10,17-18H2,1-3H3,(H,27,28,29);1H. The van der Waals surface area contributed by atoms with Crippen molar-refractivity contribution in [3.63, 3.8) is 0 Å². The van der Waals surface area contributed by atoms with Gasteiger partial charge in [-0.3, -0.25) is 0 Å². The Hall–Kier alpha value is -3.06. The monoisotopic (exact) mass is 452 g/mol. The van der Waals surface area contributed by atoms with Crippen LogP contribution >= 0.6 is 0 Å². The molecule has 4 rings (SSSR count). The number of aromatic nitrogens is 2. The molecule has 7 heteroatoms. The van der Waals surface area contributed by atoms with E-state index >= 15 is 0 Å². The average molecular weight is 453 g/mol. The van der Waals surface area contributed by atoms with Crippen molar-refractivity contribution in [2.75, 3.05) is 44.2 Å². The molecule has 33 heavy (non-hydrogen) atoms. The molecule has 7 nitrogen and oxygen atoms in total. The minimum atomic E-state index is 0. The van der Waals surface area contributed by atoms with Gasteiger partial charge in [0.05, 0.1) is 13.7 Å². The van der Waals surface area contributed by atoms with Gasteiger partial charge in [-0.1, -0.05) is 25.3 Å². The number of benzene rings is 2. The van der Waals surface area contributed by atoms with Crippen LogP contribution in [0.25, 0.3) is 10.9 Å². The van der Waals surface area contributed by atoms with Crippen LogP contribution in [0.4, 0.5) is 17.5 Å². The van der Waals surface area contributed by atoms with Crippen molar-refractivity contribution in [3.05, 3.63) is 42.5 Å². The first-order valence-electron chi connectivity index (χ1n) is 11.8. The molecule has 0 atom stereocenters. The van der Waals surface area contributed by atoms with Gasteiger partial charge in [0.15, 0.2) is 0 Å². The molecule has 1 aromatic heterocycles. The van der Waals surface area contributed by atoms with Crippen LogP contribution in [-0.2, 0) is 4.74 Å². The van der Waals surface area contributed by atoms with Gasteiger partial charge in [-0.05, 0) is 56.2 Å². The summed E-state index contributed by atoms with van der Waals surface area (Å²) in [5.41, 5.74) is 1.72. The van der Waals surface area contributed by atoms with Crippen molar-refractivity contribution in [1.82, 2.24) is 9.97 Å². The number of hydrogen-bond donors (Lipinski definition) is 1. The fraction of sp³-hybridized carbons (Fsp3) is 0.462. The maximum atomic E-state index is 5.66. The molecule has 178 valence electrons. The van der Waals surface area contributed by atoms with E-state index in [4.69, 9.17) is 24.2 Å². The van der Waals surface area contributed by atoms with Gasteiger partial charge in [-0.25, -0.2) is 4.98 Å². The summed E-state index contributed by atoms with van der Waals surface area (Å²) in [4.78, 5) is 12.3. The van der Waals surface area contributed by atoms with Gasteiger partial charge >= 0.3 is 0 Å². The minimum Gasteiger partial charge on any atom is -0.494 e. The van der Waals surface area contributed by atoms with Gasteiger partial charge in [0.25, 0.3) is 0 Å². The van der Waals surface area contributed by atoms with E-state index in [2.05, 4.69) is 23.2 Å². The third-order valence-corrected chi connectivity index (χ3v) is 6.18. The molecule has 1 aliphatic carbocycles. The van der Waals surface area contributed by atoms with Crippen LogP contribution in [0.2, 0.25) is 0 Å². The van der Waals surface area contributed by atoms with Crippen LogP contribution in [-0.4, -0.2) is 50.0 Å². The lowest BCUT2D eigenvalue weighted by molar-refractivity contribution is 0.146. The number of fused-ring (bicyclic) bond motifs is 1. The molecule has 0 unspecified atom stereocenters. The summed E-state index contributed by atoms with van der Waals surface area (Å²) < 4.78 is 16.3. The number of nitrogens with zero attached hydrogens (tertiary/aromatic N) is 3. The molecule has 0 spiro atoms. The summed E-state index contributed by atoms with van der Waals surface area (Å²) in [6, 6.07) is 14.4. The van der Waals surface area contributed by atoms with Gasteiger partial charge in [-0.2, -0.15) is 4.98 Å². The predicted molar refractivity (Wildman–Crippen MR) is 135 cm³/mol. The molecule has 0 bridgehead atoms. The predicted octanol–water partition coefficient (Wildman–Crippen LogP) is 5.81. The fourth-order valence-corrected chi connectivity index (χ4v) is 4.53. The second kappa shape index (κ2) is 11.2. The van der Waals surface area contributed by atoms with Crippen molar-refractivity contribution >= 4 is 28.4 Å². The first-order valence-corrected chi connectivity index (χ1v) is 11.8. The van der Waals surface area contributed by atoms with E-state index < -0.39 is 0 Å². The Labute approximate surface area is 197 Å². The van der Waals surface area contributed by atoms with Gasteiger partial charge in [-0.15, -0.1) is 0 Å². The number of methoxy groups -OCH3 is 2. The maximum Gasteiger partial charge on any atom is 0.229 e. The maximum absolute atomic E-state index is 5.66. The van der Waals surface area contributed by atoms with Crippen molar-refractivity contribution < 1.29 is 15.6 Å². The Bertz CT molecular complexity index is 1040. The number of nitrogens with one attached hydrogen (secondary N) is 1. The summed E-state index contributed by atoms with van der Waals surface area (Å²) in [5, 5.41) is 4.40. The highest BCUT2D eigenvalue weighted by atomic mass is 16.5. The normalized spacial score (nSPS) is 14.3. The van der Waals surface area contributed by atoms with Crippen molar-refractivity contribution in [2.45, 2.75) is 45.1 Å². The zero-order valence-corrected chi connectivity index (χ0v) is 19.8. The number of para-hydroxylation sites is 1. The van der Waals surface area contributed by atoms with Crippen LogP contribution in [0.15, 0.2) is 42.5 Å². The number of anilines is 3. The third kappa shape index (κ3) is 5.47. The highest BCUT2D eigenvalue weighted by Gasteiger charge is 2.24. The summed E-state index contributed by atoms with van der Waals surface area (Å²) in [7, 11) is 3.35. The molecule has 1 N–H and O–H groups in total. The van der Waals surface area contributed by atoms with E-state index in [-0.39, 0.29) is 1.43 Å². The molecule has 0 saturated heterocycles. The lowest BCUT2D eigenvalue weighted by Gasteiger charge is -2.35. The molecule has 0 radical (unpaired) electrons. The molecule has 1 fully saturated rings. The van der Waals surface area contributed by atoms with Crippen LogP contribution in [0, 0.1) is 0 Å². The second-order valence-electron chi connectivity index (χ2n) is 8.30. The van der Waals surface area contributed by atoms with Crippen molar-refractivity contribution in [1.29, 1.82) is 0 Å². The largest absolute Gasteiger partial charge is 0.494 e. The van der Waals surface area contributed by atoms with Gasteiger partial charge in [0.1, 0.15) is 29.4 Å². The molecule has 2 aromatic carbocycles. The molecule has 1 heterocycles. The van der Waals surface area contributed by atoms with Gasteiger partial charge in [0.2, 0.25) is 5.95 Å². The Balaban J connectivity index is 0.00000324. The Morgan fingerprint density at radius 3 is 2.48 bits per heavy atom. The molecule has 1 aliphatic rings. The Morgan fingerprint density at radius 1 is 1.00 bits per heavy atom. The average Bonchev–Trinajstić information content (AvgIpc) is 2.86. The first kappa shape index (κ1) is 23.1. The summed E-state index contributed by atoms with van der Waals surface area (Å²) in [6.07, 6.45) is 6.28. The summed E-state index contributed by atoms with van der Waals surface area (Å²) in [5.74, 6) is 3.08. The van der Waals surface area contributed by atoms with Crippen molar-refractivity contribution in [3.8, 4) is 11.5 Å². The van der Waals surface area contributed by atoms with Crippen molar-refractivity contribution in [2.24, 2.45) is 0 Å². The van der Waals surface area contributed by atoms with Crippen LogP contribution in [0.5, 0.6) is 11.5 Å². The van der Waals surface area contributed by atoms with E-state index in [0.717, 1.165) is 40.5 Å². The Kier molecular flexibility index (Phi) is 7.83. The first-order chi connectivity index (χ1) is 16.2. The van der Waals surface area contributed by atoms with Gasteiger partial charge < -0.3 is 24.4 Å². The number of ether oxygens (including phenoxy) is 3. The van der Waals surface area contributed by atoms with E-state index in [0.29, 0.717) is 25.2 Å². The van der Waals surface area contributed by atoms with E-state index in [1.165, 1.54) is 32.1 Å².